The zero-order valence-corrected chi connectivity index (χ0v) is 9.89. The van der Waals surface area contributed by atoms with Crippen LogP contribution in [0.15, 0.2) is 22.8 Å². The average molecular weight is 225 g/mol. The van der Waals surface area contributed by atoms with E-state index in [1.165, 1.54) is 12.8 Å². The number of hydrogen-bond donors (Lipinski definition) is 0. The van der Waals surface area contributed by atoms with Crippen LogP contribution >= 0.6 is 0 Å². The Labute approximate surface area is 96.1 Å². The molecule has 0 amide bonds. The molecule has 0 N–H and O–H groups in total. The van der Waals surface area contributed by atoms with Crippen LogP contribution < -0.4 is 0 Å². The van der Waals surface area contributed by atoms with E-state index in [2.05, 4.69) is 4.90 Å². The van der Waals surface area contributed by atoms with E-state index in [1.54, 1.807) is 20.5 Å². The Kier molecular flexibility index (Phi) is 3.98. The topological polar surface area (TPSA) is 34.8 Å². The van der Waals surface area contributed by atoms with E-state index in [4.69, 9.17) is 13.9 Å². The molecule has 90 valence electrons. The van der Waals surface area contributed by atoms with Crippen LogP contribution in [0, 0.1) is 0 Å². The second-order valence-electron chi connectivity index (χ2n) is 4.14. The second-order valence-corrected chi connectivity index (χ2v) is 4.14. The summed E-state index contributed by atoms with van der Waals surface area (Å²) in [7, 11) is 3.35. The van der Waals surface area contributed by atoms with Gasteiger partial charge in [0.25, 0.3) is 0 Å². The second kappa shape index (κ2) is 5.48. The quantitative estimate of drug-likeness (QED) is 0.663. The predicted molar refractivity (Wildman–Crippen MR) is 59.9 cm³/mol. The third kappa shape index (κ3) is 3.07. The standard InChI is InChI=1S/C12H19NO3/c1-14-12(15-2)9-13(10-5-6-10)8-11-4-3-7-16-11/h3-4,7,10,12H,5-6,8-9H2,1-2H3. The van der Waals surface area contributed by atoms with Gasteiger partial charge < -0.3 is 13.9 Å². The Morgan fingerprint density at radius 1 is 1.44 bits per heavy atom. The fraction of sp³-hybridized carbons (Fsp3) is 0.667. The maximum absolute atomic E-state index is 5.37. The summed E-state index contributed by atoms with van der Waals surface area (Å²) in [5, 5.41) is 0. The summed E-state index contributed by atoms with van der Waals surface area (Å²) in [6.07, 6.45) is 4.09. The lowest BCUT2D eigenvalue weighted by atomic mass is 10.3. The summed E-state index contributed by atoms with van der Waals surface area (Å²) in [4.78, 5) is 2.36. The predicted octanol–water partition coefficient (Wildman–Crippen LogP) is 1.86. The number of furan rings is 1. The van der Waals surface area contributed by atoms with Gasteiger partial charge in [0.05, 0.1) is 19.4 Å². The first-order valence-electron chi connectivity index (χ1n) is 5.65. The molecule has 1 aliphatic rings. The number of rotatable bonds is 7. The van der Waals surface area contributed by atoms with Crippen LogP contribution in [-0.2, 0) is 16.0 Å². The van der Waals surface area contributed by atoms with Crippen molar-refractivity contribution in [2.75, 3.05) is 20.8 Å². The molecule has 1 aromatic rings. The SMILES string of the molecule is COC(CN(Cc1ccco1)C1CC1)OC. The van der Waals surface area contributed by atoms with Gasteiger partial charge in [-0.15, -0.1) is 0 Å². The maximum Gasteiger partial charge on any atom is 0.169 e. The monoisotopic (exact) mass is 225 g/mol. The number of hydrogen-bond acceptors (Lipinski definition) is 4. The van der Waals surface area contributed by atoms with E-state index in [0.717, 1.165) is 18.8 Å². The van der Waals surface area contributed by atoms with Crippen LogP contribution in [0.2, 0.25) is 0 Å². The van der Waals surface area contributed by atoms with Crippen molar-refractivity contribution in [1.29, 1.82) is 0 Å². The van der Waals surface area contributed by atoms with Gasteiger partial charge in [0.1, 0.15) is 5.76 Å². The summed E-state index contributed by atoms with van der Waals surface area (Å²) < 4.78 is 15.8. The van der Waals surface area contributed by atoms with E-state index in [9.17, 15) is 0 Å². The fourth-order valence-electron chi connectivity index (χ4n) is 1.82. The first-order valence-corrected chi connectivity index (χ1v) is 5.65. The highest BCUT2D eigenvalue weighted by atomic mass is 16.7. The zero-order chi connectivity index (χ0) is 11.4. The van der Waals surface area contributed by atoms with Crippen LogP contribution in [0.5, 0.6) is 0 Å². The lowest BCUT2D eigenvalue weighted by Gasteiger charge is -2.24. The highest BCUT2D eigenvalue weighted by Gasteiger charge is 2.31. The van der Waals surface area contributed by atoms with Crippen molar-refractivity contribution < 1.29 is 13.9 Å². The van der Waals surface area contributed by atoms with Gasteiger partial charge in [-0.05, 0) is 25.0 Å². The first-order chi connectivity index (χ1) is 7.83. The van der Waals surface area contributed by atoms with Crippen molar-refractivity contribution in [1.82, 2.24) is 4.90 Å². The highest BCUT2D eigenvalue weighted by molar-refractivity contribution is 4.99. The molecule has 0 aromatic carbocycles. The molecule has 0 radical (unpaired) electrons. The van der Waals surface area contributed by atoms with Gasteiger partial charge in [-0.3, -0.25) is 4.90 Å². The molecule has 1 aromatic heterocycles. The largest absolute Gasteiger partial charge is 0.468 e. The van der Waals surface area contributed by atoms with Crippen molar-refractivity contribution in [3.63, 3.8) is 0 Å². The normalized spacial score (nSPS) is 16.2. The number of ether oxygens (including phenoxy) is 2. The molecule has 0 bridgehead atoms. The van der Waals surface area contributed by atoms with Gasteiger partial charge in [-0.1, -0.05) is 0 Å². The Morgan fingerprint density at radius 2 is 2.19 bits per heavy atom. The van der Waals surface area contributed by atoms with Crippen LogP contribution in [0.3, 0.4) is 0 Å². The third-order valence-corrected chi connectivity index (χ3v) is 2.91. The summed E-state index contributed by atoms with van der Waals surface area (Å²) in [5.74, 6) is 0.998. The Bertz CT molecular complexity index is 291. The minimum atomic E-state index is -0.157. The fourth-order valence-corrected chi connectivity index (χ4v) is 1.82. The summed E-state index contributed by atoms with van der Waals surface area (Å²) in [6, 6.07) is 4.59. The average Bonchev–Trinajstić information content (AvgIpc) is 3.03. The Morgan fingerprint density at radius 3 is 2.69 bits per heavy atom. The molecule has 4 heteroatoms. The van der Waals surface area contributed by atoms with Crippen molar-refractivity contribution >= 4 is 0 Å². The minimum absolute atomic E-state index is 0.157. The van der Waals surface area contributed by atoms with Crippen molar-refractivity contribution in [3.8, 4) is 0 Å². The van der Waals surface area contributed by atoms with E-state index in [-0.39, 0.29) is 6.29 Å². The maximum atomic E-state index is 5.37. The van der Waals surface area contributed by atoms with Crippen molar-refractivity contribution in [2.24, 2.45) is 0 Å². The van der Waals surface area contributed by atoms with Crippen LogP contribution in [0.1, 0.15) is 18.6 Å². The minimum Gasteiger partial charge on any atom is -0.468 e. The molecule has 0 saturated heterocycles. The zero-order valence-electron chi connectivity index (χ0n) is 9.89. The van der Waals surface area contributed by atoms with E-state index >= 15 is 0 Å². The molecular formula is C12H19NO3. The van der Waals surface area contributed by atoms with Crippen LogP contribution in [0.4, 0.5) is 0 Å². The molecule has 4 nitrogen and oxygen atoms in total. The Hall–Kier alpha value is -0.840. The van der Waals surface area contributed by atoms with E-state index in [0.29, 0.717) is 6.04 Å². The first kappa shape index (κ1) is 11.6. The molecule has 16 heavy (non-hydrogen) atoms. The van der Waals surface area contributed by atoms with Gasteiger partial charge in [0.15, 0.2) is 6.29 Å². The van der Waals surface area contributed by atoms with E-state index < -0.39 is 0 Å². The molecule has 0 atom stereocenters. The Balaban J connectivity index is 1.89. The van der Waals surface area contributed by atoms with Crippen molar-refractivity contribution in [3.05, 3.63) is 24.2 Å². The molecular weight excluding hydrogens is 206 g/mol. The van der Waals surface area contributed by atoms with Crippen LogP contribution in [-0.4, -0.2) is 38.0 Å². The lowest BCUT2D eigenvalue weighted by Crippen LogP contribution is -2.35. The molecule has 0 spiro atoms. The van der Waals surface area contributed by atoms with Crippen molar-refractivity contribution in [2.45, 2.75) is 31.7 Å². The number of nitrogens with zero attached hydrogens (tertiary/aromatic N) is 1. The molecule has 1 fully saturated rings. The molecule has 1 heterocycles. The van der Waals surface area contributed by atoms with Gasteiger partial charge in [-0.25, -0.2) is 0 Å². The molecule has 1 saturated carbocycles. The highest BCUT2D eigenvalue weighted by Crippen LogP contribution is 2.28. The molecule has 1 aliphatic carbocycles. The summed E-state index contributed by atoms with van der Waals surface area (Å²) >= 11 is 0. The summed E-state index contributed by atoms with van der Waals surface area (Å²) in [6.45, 7) is 1.62. The lowest BCUT2D eigenvalue weighted by molar-refractivity contribution is -0.118. The molecule has 0 unspecified atom stereocenters. The van der Waals surface area contributed by atoms with Gasteiger partial charge in [-0.2, -0.15) is 0 Å². The molecule has 0 aliphatic heterocycles. The van der Waals surface area contributed by atoms with Gasteiger partial charge in [0, 0.05) is 20.3 Å². The van der Waals surface area contributed by atoms with Gasteiger partial charge >= 0.3 is 0 Å². The number of methoxy groups -OCH3 is 2. The third-order valence-electron chi connectivity index (χ3n) is 2.91. The van der Waals surface area contributed by atoms with Crippen LogP contribution in [0.25, 0.3) is 0 Å². The van der Waals surface area contributed by atoms with E-state index in [1.807, 2.05) is 12.1 Å². The smallest absolute Gasteiger partial charge is 0.169 e. The van der Waals surface area contributed by atoms with Gasteiger partial charge in [0.2, 0.25) is 0 Å². The molecule has 2 rings (SSSR count). The summed E-state index contributed by atoms with van der Waals surface area (Å²) in [5.41, 5.74) is 0.